The quantitative estimate of drug-likeness (QED) is 0.562. The average Bonchev–Trinajstić information content (AvgIpc) is 3.45. The number of hydrogen-bond donors (Lipinski definition) is 0. The highest BCUT2D eigenvalue weighted by atomic mass is 19.1. The van der Waals surface area contributed by atoms with E-state index in [1.807, 2.05) is 13.0 Å². The molecule has 2 aromatic heterocycles. The average molecular weight is 454 g/mol. The van der Waals surface area contributed by atoms with Crippen molar-refractivity contribution in [2.45, 2.75) is 26.4 Å². The van der Waals surface area contributed by atoms with Crippen molar-refractivity contribution >= 4 is 35.5 Å². The van der Waals surface area contributed by atoms with E-state index in [-0.39, 0.29) is 29.9 Å². The summed E-state index contributed by atoms with van der Waals surface area (Å²) in [6.07, 6.45) is 1.74. The second-order valence-corrected chi connectivity index (χ2v) is 7.92. The standard InChI is InChI=1S/C21H20F2N8O2/c1-12-10-16-28(2)20(33)13(6-7-30(16)26-12)11-24-19(32)18-25-21-29(8-9-31(21)27-18)17-14(22)4-3-5-15(17)23/h3-5,10-11,13H,6-9H2,1-2H3. The number of carbonyl (C=O) groups excluding carboxylic acids is 2. The molecule has 2 aliphatic heterocycles. The SMILES string of the molecule is Cc1cc2n(n1)CCC(C=NC(=O)c1nc3n(n1)CCN3c1c(F)cccc1F)C(=O)N2C. The molecule has 1 atom stereocenters. The number of carbonyl (C=O) groups is 2. The van der Waals surface area contributed by atoms with Gasteiger partial charge in [-0.2, -0.15) is 10.1 Å². The Bertz CT molecular complexity index is 1280. The van der Waals surface area contributed by atoms with Gasteiger partial charge in [-0.15, -0.1) is 5.10 Å². The lowest BCUT2D eigenvalue weighted by atomic mass is 10.1. The number of aryl methyl sites for hydroxylation is 2. The predicted octanol–water partition coefficient (Wildman–Crippen LogP) is 2.11. The van der Waals surface area contributed by atoms with Gasteiger partial charge in [0.1, 0.15) is 23.1 Å². The number of aliphatic imine (C=N–C) groups is 1. The van der Waals surface area contributed by atoms with Gasteiger partial charge >= 0.3 is 5.91 Å². The van der Waals surface area contributed by atoms with Gasteiger partial charge in [0.15, 0.2) is 0 Å². The van der Waals surface area contributed by atoms with Crippen LogP contribution in [0, 0.1) is 24.5 Å². The van der Waals surface area contributed by atoms with E-state index in [1.54, 1.807) is 11.7 Å². The number of benzene rings is 1. The summed E-state index contributed by atoms with van der Waals surface area (Å²) in [7, 11) is 1.65. The van der Waals surface area contributed by atoms with Crippen molar-refractivity contribution < 1.29 is 18.4 Å². The van der Waals surface area contributed by atoms with E-state index in [9.17, 15) is 18.4 Å². The predicted molar refractivity (Wildman–Crippen MR) is 115 cm³/mol. The summed E-state index contributed by atoms with van der Waals surface area (Å²) in [6.45, 7) is 2.94. The first-order valence-corrected chi connectivity index (χ1v) is 10.4. The first-order chi connectivity index (χ1) is 15.8. The molecule has 0 radical (unpaired) electrons. The van der Waals surface area contributed by atoms with Crippen LogP contribution in [0.3, 0.4) is 0 Å². The maximum absolute atomic E-state index is 14.2. The lowest BCUT2D eigenvalue weighted by Gasteiger charge is -2.17. The molecule has 0 saturated heterocycles. The fourth-order valence-corrected chi connectivity index (χ4v) is 4.09. The van der Waals surface area contributed by atoms with Gasteiger partial charge in [-0.25, -0.2) is 23.1 Å². The van der Waals surface area contributed by atoms with E-state index in [0.717, 1.165) is 17.8 Å². The number of rotatable bonds is 3. The van der Waals surface area contributed by atoms with Gasteiger partial charge in [0.25, 0.3) is 0 Å². The molecular weight excluding hydrogens is 434 g/mol. The van der Waals surface area contributed by atoms with Gasteiger partial charge in [0, 0.05) is 32.4 Å². The Morgan fingerprint density at radius 2 is 1.91 bits per heavy atom. The zero-order chi connectivity index (χ0) is 23.3. The van der Waals surface area contributed by atoms with Gasteiger partial charge in [-0.3, -0.25) is 14.5 Å². The normalized spacial score (nSPS) is 18.1. The molecule has 170 valence electrons. The highest BCUT2D eigenvalue weighted by Gasteiger charge is 2.31. The monoisotopic (exact) mass is 454 g/mol. The van der Waals surface area contributed by atoms with Crippen LogP contribution in [-0.2, 0) is 17.9 Å². The summed E-state index contributed by atoms with van der Waals surface area (Å²) in [4.78, 5) is 36.3. The van der Waals surface area contributed by atoms with Crippen LogP contribution in [0.25, 0.3) is 0 Å². The maximum Gasteiger partial charge on any atom is 0.316 e. The number of anilines is 3. The van der Waals surface area contributed by atoms with Crippen LogP contribution in [0.1, 0.15) is 22.7 Å². The number of amides is 2. The minimum absolute atomic E-state index is 0.156. The van der Waals surface area contributed by atoms with Gasteiger partial charge in [-0.1, -0.05) is 6.07 Å². The van der Waals surface area contributed by atoms with Crippen LogP contribution >= 0.6 is 0 Å². The topological polar surface area (TPSA) is 102 Å². The van der Waals surface area contributed by atoms with Crippen LogP contribution in [-0.4, -0.2) is 56.2 Å². The first kappa shape index (κ1) is 20.9. The fourth-order valence-electron chi connectivity index (χ4n) is 4.09. The Morgan fingerprint density at radius 1 is 1.15 bits per heavy atom. The largest absolute Gasteiger partial charge is 0.316 e. The third kappa shape index (κ3) is 3.56. The molecule has 0 saturated carbocycles. The van der Waals surface area contributed by atoms with E-state index < -0.39 is 23.5 Å². The van der Waals surface area contributed by atoms with Crippen LogP contribution in [0.4, 0.5) is 26.2 Å². The molecule has 0 fully saturated rings. The Morgan fingerprint density at radius 3 is 2.67 bits per heavy atom. The summed E-state index contributed by atoms with van der Waals surface area (Å²) in [6, 6.07) is 5.41. The van der Waals surface area contributed by atoms with Crippen LogP contribution < -0.4 is 9.80 Å². The molecule has 5 rings (SSSR count). The lowest BCUT2D eigenvalue weighted by molar-refractivity contribution is -0.120. The number of halogens is 2. The van der Waals surface area contributed by atoms with Crippen molar-refractivity contribution in [1.29, 1.82) is 0 Å². The molecule has 12 heteroatoms. The van der Waals surface area contributed by atoms with E-state index in [4.69, 9.17) is 0 Å². The molecule has 1 aromatic carbocycles. The Hall–Kier alpha value is -3.96. The zero-order valence-corrected chi connectivity index (χ0v) is 17.9. The molecule has 0 spiro atoms. The zero-order valence-electron chi connectivity index (χ0n) is 17.9. The van der Waals surface area contributed by atoms with Crippen molar-refractivity contribution in [1.82, 2.24) is 24.5 Å². The van der Waals surface area contributed by atoms with E-state index >= 15 is 0 Å². The lowest BCUT2D eigenvalue weighted by Crippen LogP contribution is -2.32. The summed E-state index contributed by atoms with van der Waals surface area (Å²) in [5.74, 6) is -2.38. The maximum atomic E-state index is 14.2. The molecule has 1 unspecified atom stereocenters. The van der Waals surface area contributed by atoms with Gasteiger partial charge in [0.05, 0.1) is 18.2 Å². The Balaban J connectivity index is 1.34. The third-order valence-electron chi connectivity index (χ3n) is 5.72. The third-order valence-corrected chi connectivity index (χ3v) is 5.72. The molecule has 0 bridgehead atoms. The van der Waals surface area contributed by atoms with Crippen molar-refractivity contribution in [3.05, 3.63) is 47.4 Å². The molecule has 10 nitrogen and oxygen atoms in total. The summed E-state index contributed by atoms with van der Waals surface area (Å²) in [5, 5.41) is 8.50. The molecule has 2 aliphatic rings. The Kier molecular flexibility index (Phi) is 4.99. The Labute approximate surface area is 187 Å². The molecule has 33 heavy (non-hydrogen) atoms. The highest BCUT2D eigenvalue weighted by molar-refractivity contribution is 6.06. The van der Waals surface area contributed by atoms with Gasteiger partial charge in [0.2, 0.25) is 17.7 Å². The number of para-hydroxylation sites is 1. The summed E-state index contributed by atoms with van der Waals surface area (Å²) in [5.41, 5.74) is 0.571. The molecule has 4 heterocycles. The van der Waals surface area contributed by atoms with Crippen LogP contribution in [0.15, 0.2) is 29.3 Å². The smallest absolute Gasteiger partial charge is 0.304 e. The van der Waals surface area contributed by atoms with E-state index in [0.29, 0.717) is 25.3 Å². The van der Waals surface area contributed by atoms with Crippen molar-refractivity contribution in [2.75, 3.05) is 23.4 Å². The number of hydrogen-bond acceptors (Lipinski definition) is 6. The van der Waals surface area contributed by atoms with Crippen LogP contribution in [0.2, 0.25) is 0 Å². The molecule has 0 aliphatic carbocycles. The summed E-state index contributed by atoms with van der Waals surface area (Å²) < 4.78 is 31.6. The fraction of sp³-hybridized carbons (Fsp3) is 0.333. The van der Waals surface area contributed by atoms with Gasteiger partial charge < -0.3 is 4.90 Å². The van der Waals surface area contributed by atoms with E-state index in [2.05, 4.69) is 20.2 Å². The van der Waals surface area contributed by atoms with E-state index in [1.165, 1.54) is 26.8 Å². The molecule has 2 amide bonds. The number of aromatic nitrogens is 5. The molecule has 0 N–H and O–H groups in total. The minimum Gasteiger partial charge on any atom is -0.304 e. The second-order valence-electron chi connectivity index (χ2n) is 7.92. The van der Waals surface area contributed by atoms with Crippen LogP contribution in [0.5, 0.6) is 0 Å². The van der Waals surface area contributed by atoms with Gasteiger partial charge in [-0.05, 0) is 25.5 Å². The number of nitrogens with zero attached hydrogens (tertiary/aromatic N) is 8. The second kappa shape index (κ2) is 7.87. The van der Waals surface area contributed by atoms with Crippen molar-refractivity contribution in [2.24, 2.45) is 10.9 Å². The molecule has 3 aromatic rings. The number of fused-ring (bicyclic) bond motifs is 2. The summed E-state index contributed by atoms with van der Waals surface area (Å²) >= 11 is 0. The van der Waals surface area contributed by atoms with Crippen molar-refractivity contribution in [3.63, 3.8) is 0 Å². The van der Waals surface area contributed by atoms with Crippen molar-refractivity contribution in [3.8, 4) is 0 Å². The minimum atomic E-state index is -0.737. The first-order valence-electron chi connectivity index (χ1n) is 10.4. The molecular formula is C21H20F2N8O2. The highest BCUT2D eigenvalue weighted by Crippen LogP contribution is 2.32.